The molecular weight excluding hydrogens is 294 g/mol. The third kappa shape index (κ3) is 2.17. The number of hydrogen-bond donors (Lipinski definition) is 2. The van der Waals surface area contributed by atoms with Crippen LogP contribution in [0, 0.1) is 11.3 Å². The van der Waals surface area contributed by atoms with E-state index in [0.29, 0.717) is 23.7 Å². The van der Waals surface area contributed by atoms with Crippen LogP contribution >= 0.6 is 15.9 Å². The molecule has 0 atom stereocenters. The second-order valence-electron chi connectivity index (χ2n) is 3.72. The predicted octanol–water partition coefficient (Wildman–Crippen LogP) is 2.19. The summed E-state index contributed by atoms with van der Waals surface area (Å²) in [7, 11) is 1.71. The topological polar surface area (TPSA) is 79.7 Å². The van der Waals surface area contributed by atoms with Crippen molar-refractivity contribution >= 4 is 27.6 Å². The van der Waals surface area contributed by atoms with Gasteiger partial charge in [-0.15, -0.1) is 0 Å². The van der Waals surface area contributed by atoms with E-state index >= 15 is 0 Å². The third-order valence-corrected chi connectivity index (χ3v) is 3.39. The van der Waals surface area contributed by atoms with E-state index in [1.165, 1.54) is 0 Å². The molecule has 18 heavy (non-hydrogen) atoms. The summed E-state index contributed by atoms with van der Waals surface area (Å²) in [6.45, 7) is 0.517. The van der Waals surface area contributed by atoms with Gasteiger partial charge in [0.1, 0.15) is 17.5 Å². The smallest absolute Gasteiger partial charge is 0.168 e. The Labute approximate surface area is 113 Å². The SMILES string of the molecule is CNc1nn(Cc2ccccc2Br)c(N)c1C#N. The van der Waals surface area contributed by atoms with Gasteiger partial charge in [0.25, 0.3) is 0 Å². The zero-order valence-corrected chi connectivity index (χ0v) is 11.4. The van der Waals surface area contributed by atoms with E-state index < -0.39 is 0 Å². The number of benzene rings is 1. The number of nitrogen functional groups attached to an aromatic ring is 1. The highest BCUT2D eigenvalue weighted by atomic mass is 79.9. The Bertz CT molecular complexity index is 611. The average Bonchev–Trinajstić information content (AvgIpc) is 2.68. The van der Waals surface area contributed by atoms with Crippen LogP contribution < -0.4 is 11.1 Å². The van der Waals surface area contributed by atoms with Gasteiger partial charge in [0.2, 0.25) is 0 Å². The van der Waals surface area contributed by atoms with E-state index in [4.69, 9.17) is 11.0 Å². The molecule has 2 aromatic rings. The lowest BCUT2D eigenvalue weighted by Gasteiger charge is -2.06. The van der Waals surface area contributed by atoms with Gasteiger partial charge in [-0.05, 0) is 11.6 Å². The van der Waals surface area contributed by atoms with Crippen molar-refractivity contribution in [3.05, 3.63) is 39.9 Å². The van der Waals surface area contributed by atoms with Crippen LogP contribution in [-0.4, -0.2) is 16.8 Å². The van der Waals surface area contributed by atoms with E-state index in [9.17, 15) is 0 Å². The molecule has 1 aromatic carbocycles. The van der Waals surface area contributed by atoms with Crippen molar-refractivity contribution in [1.82, 2.24) is 9.78 Å². The molecule has 0 unspecified atom stereocenters. The molecule has 0 saturated carbocycles. The van der Waals surface area contributed by atoms with E-state index in [2.05, 4.69) is 32.4 Å². The third-order valence-electron chi connectivity index (χ3n) is 2.62. The average molecular weight is 306 g/mol. The van der Waals surface area contributed by atoms with Gasteiger partial charge in [0.05, 0.1) is 6.54 Å². The van der Waals surface area contributed by atoms with Crippen LogP contribution in [0.3, 0.4) is 0 Å². The first-order valence-corrected chi connectivity index (χ1v) is 6.14. The molecule has 0 amide bonds. The summed E-state index contributed by atoms with van der Waals surface area (Å²) in [5.74, 6) is 0.875. The van der Waals surface area contributed by atoms with Crippen molar-refractivity contribution in [2.45, 2.75) is 6.54 Å². The van der Waals surface area contributed by atoms with Crippen LogP contribution in [0.1, 0.15) is 11.1 Å². The Morgan fingerprint density at radius 2 is 2.22 bits per heavy atom. The fourth-order valence-electron chi connectivity index (χ4n) is 1.67. The van der Waals surface area contributed by atoms with Crippen LogP contribution in [0.2, 0.25) is 0 Å². The Morgan fingerprint density at radius 3 is 2.78 bits per heavy atom. The molecule has 0 aliphatic rings. The first kappa shape index (κ1) is 12.5. The molecule has 92 valence electrons. The predicted molar refractivity (Wildman–Crippen MR) is 74.1 cm³/mol. The summed E-state index contributed by atoms with van der Waals surface area (Å²) < 4.78 is 2.61. The first-order chi connectivity index (χ1) is 8.67. The maximum atomic E-state index is 9.03. The number of rotatable bonds is 3. The minimum absolute atomic E-state index is 0.373. The maximum Gasteiger partial charge on any atom is 0.168 e. The van der Waals surface area contributed by atoms with Crippen LogP contribution in [0.25, 0.3) is 0 Å². The molecule has 0 fully saturated rings. The number of aromatic nitrogens is 2. The number of anilines is 2. The largest absolute Gasteiger partial charge is 0.383 e. The molecule has 0 saturated heterocycles. The molecule has 5 nitrogen and oxygen atoms in total. The molecule has 3 N–H and O–H groups in total. The van der Waals surface area contributed by atoms with Crippen LogP contribution in [0.4, 0.5) is 11.6 Å². The molecular formula is C12H12BrN5. The normalized spacial score (nSPS) is 10.1. The highest BCUT2D eigenvalue weighted by Crippen LogP contribution is 2.23. The summed E-state index contributed by atoms with van der Waals surface area (Å²) in [6.07, 6.45) is 0. The molecule has 0 aliphatic heterocycles. The van der Waals surface area contributed by atoms with E-state index in [1.54, 1.807) is 11.7 Å². The van der Waals surface area contributed by atoms with Crippen LogP contribution in [0.5, 0.6) is 0 Å². The molecule has 0 spiro atoms. The molecule has 0 aliphatic carbocycles. The summed E-state index contributed by atoms with van der Waals surface area (Å²) >= 11 is 3.48. The van der Waals surface area contributed by atoms with Crippen molar-refractivity contribution in [2.75, 3.05) is 18.1 Å². The van der Waals surface area contributed by atoms with E-state index in [-0.39, 0.29) is 0 Å². The summed E-state index contributed by atoms with van der Waals surface area (Å²) in [5.41, 5.74) is 7.34. The number of halogens is 1. The summed E-state index contributed by atoms with van der Waals surface area (Å²) in [5, 5.41) is 16.2. The number of nitrogens with two attached hydrogens (primary N) is 1. The van der Waals surface area contributed by atoms with Gasteiger partial charge in [0.15, 0.2) is 5.82 Å². The zero-order chi connectivity index (χ0) is 13.1. The first-order valence-electron chi connectivity index (χ1n) is 5.35. The van der Waals surface area contributed by atoms with Gasteiger partial charge in [0, 0.05) is 11.5 Å². The van der Waals surface area contributed by atoms with Gasteiger partial charge in [-0.25, -0.2) is 4.68 Å². The molecule has 0 bridgehead atoms. The number of nitrogens with one attached hydrogen (secondary N) is 1. The van der Waals surface area contributed by atoms with Crippen molar-refractivity contribution in [1.29, 1.82) is 5.26 Å². The number of nitrogens with zero attached hydrogens (tertiary/aromatic N) is 3. The lowest BCUT2D eigenvalue weighted by atomic mass is 10.2. The van der Waals surface area contributed by atoms with Gasteiger partial charge in [-0.1, -0.05) is 34.1 Å². The summed E-state index contributed by atoms with van der Waals surface area (Å²) in [6, 6.07) is 9.89. The summed E-state index contributed by atoms with van der Waals surface area (Å²) in [4.78, 5) is 0. The van der Waals surface area contributed by atoms with Gasteiger partial charge < -0.3 is 11.1 Å². The monoisotopic (exact) mass is 305 g/mol. The zero-order valence-electron chi connectivity index (χ0n) is 9.81. The molecule has 2 rings (SSSR count). The second-order valence-corrected chi connectivity index (χ2v) is 4.57. The minimum Gasteiger partial charge on any atom is -0.383 e. The van der Waals surface area contributed by atoms with E-state index in [1.807, 2.05) is 24.3 Å². The fourth-order valence-corrected chi connectivity index (χ4v) is 2.08. The number of hydrogen-bond acceptors (Lipinski definition) is 4. The standard InChI is InChI=1S/C12H12BrN5/c1-16-12-9(6-14)11(15)18(17-12)7-8-4-2-3-5-10(8)13/h2-5H,7,15H2,1H3,(H,16,17). The van der Waals surface area contributed by atoms with Crippen LogP contribution in [0.15, 0.2) is 28.7 Å². The number of nitriles is 1. The lowest BCUT2D eigenvalue weighted by molar-refractivity contribution is 0.697. The molecule has 1 aromatic heterocycles. The molecule has 1 heterocycles. The Morgan fingerprint density at radius 1 is 1.50 bits per heavy atom. The van der Waals surface area contributed by atoms with Gasteiger partial charge in [-0.2, -0.15) is 10.4 Å². The minimum atomic E-state index is 0.373. The highest BCUT2D eigenvalue weighted by Gasteiger charge is 2.14. The second kappa shape index (κ2) is 5.10. The Hall–Kier alpha value is -2.00. The fraction of sp³-hybridized carbons (Fsp3) is 0.167. The Balaban J connectivity index is 2.39. The molecule has 6 heteroatoms. The van der Waals surface area contributed by atoms with Gasteiger partial charge in [-0.3, -0.25) is 0 Å². The molecule has 0 radical (unpaired) electrons. The van der Waals surface area contributed by atoms with Crippen molar-refractivity contribution in [2.24, 2.45) is 0 Å². The van der Waals surface area contributed by atoms with Crippen LogP contribution in [-0.2, 0) is 6.54 Å². The van der Waals surface area contributed by atoms with Gasteiger partial charge >= 0.3 is 0 Å². The van der Waals surface area contributed by atoms with Crippen molar-refractivity contribution in [3.63, 3.8) is 0 Å². The van der Waals surface area contributed by atoms with Crippen molar-refractivity contribution in [3.8, 4) is 6.07 Å². The lowest BCUT2D eigenvalue weighted by Crippen LogP contribution is -2.06. The quantitative estimate of drug-likeness (QED) is 0.911. The Kier molecular flexibility index (Phi) is 3.53. The van der Waals surface area contributed by atoms with Crippen molar-refractivity contribution < 1.29 is 0 Å². The highest BCUT2D eigenvalue weighted by molar-refractivity contribution is 9.10. The maximum absolute atomic E-state index is 9.03. The van der Waals surface area contributed by atoms with E-state index in [0.717, 1.165) is 10.0 Å².